The molecule has 0 aromatic rings. The minimum atomic E-state index is 0.570. The average Bonchev–Trinajstić information content (AvgIpc) is 2.05. The lowest BCUT2D eigenvalue weighted by Crippen LogP contribution is -2.43. The van der Waals surface area contributed by atoms with E-state index in [2.05, 4.69) is 45.3 Å². The monoisotopic (exact) mass is 186 g/mol. The third-order valence-corrected chi connectivity index (χ3v) is 2.32. The summed E-state index contributed by atoms with van der Waals surface area (Å²) >= 11 is 0. The smallest absolute Gasteiger partial charge is 0.0166 e. The first-order valence-corrected chi connectivity index (χ1v) is 5.59. The van der Waals surface area contributed by atoms with E-state index in [1.165, 1.54) is 12.8 Å². The van der Waals surface area contributed by atoms with Crippen LogP contribution in [0.15, 0.2) is 0 Å². The third kappa shape index (κ3) is 7.03. The fourth-order valence-electron chi connectivity index (χ4n) is 1.55. The lowest BCUT2D eigenvalue weighted by atomic mass is 10.1. The van der Waals surface area contributed by atoms with E-state index < -0.39 is 0 Å². The molecule has 0 saturated carbocycles. The molecule has 0 aliphatic heterocycles. The summed E-state index contributed by atoms with van der Waals surface area (Å²) in [6, 6.07) is 1.84. The van der Waals surface area contributed by atoms with Crippen LogP contribution in [0.5, 0.6) is 0 Å². The van der Waals surface area contributed by atoms with Crippen LogP contribution >= 0.6 is 0 Å². The van der Waals surface area contributed by atoms with Gasteiger partial charge >= 0.3 is 0 Å². The summed E-state index contributed by atoms with van der Waals surface area (Å²) in [6.45, 7) is 12.2. The van der Waals surface area contributed by atoms with Crippen molar-refractivity contribution in [3.05, 3.63) is 0 Å². The van der Waals surface area contributed by atoms with Gasteiger partial charge in [0.25, 0.3) is 0 Å². The summed E-state index contributed by atoms with van der Waals surface area (Å²) in [5.74, 6) is 0. The van der Waals surface area contributed by atoms with E-state index in [1.807, 2.05) is 0 Å². The molecule has 2 heteroatoms. The Morgan fingerprint density at radius 3 is 1.92 bits per heavy atom. The van der Waals surface area contributed by atoms with Crippen LogP contribution in [0.1, 0.15) is 47.5 Å². The van der Waals surface area contributed by atoms with Gasteiger partial charge in [-0.05, 0) is 19.8 Å². The molecule has 0 amide bonds. The maximum absolute atomic E-state index is 3.56. The number of rotatable bonds is 7. The first kappa shape index (κ1) is 12.9. The van der Waals surface area contributed by atoms with E-state index in [4.69, 9.17) is 0 Å². The van der Waals surface area contributed by atoms with Crippen molar-refractivity contribution >= 4 is 0 Å². The van der Waals surface area contributed by atoms with Gasteiger partial charge in [0.15, 0.2) is 0 Å². The molecule has 0 saturated heterocycles. The Labute approximate surface area is 83.5 Å². The maximum atomic E-state index is 3.56. The normalized spacial score (nSPS) is 14.1. The topological polar surface area (TPSA) is 24.1 Å². The molecule has 80 valence electrons. The highest BCUT2D eigenvalue weighted by Gasteiger charge is 2.06. The van der Waals surface area contributed by atoms with E-state index >= 15 is 0 Å². The fraction of sp³-hybridized carbons (Fsp3) is 1.00. The zero-order valence-electron chi connectivity index (χ0n) is 9.85. The van der Waals surface area contributed by atoms with Gasteiger partial charge in [0, 0.05) is 24.7 Å². The second-order valence-electron chi connectivity index (χ2n) is 4.14. The van der Waals surface area contributed by atoms with Crippen LogP contribution in [0.2, 0.25) is 0 Å². The Morgan fingerprint density at radius 2 is 1.54 bits per heavy atom. The second kappa shape index (κ2) is 7.34. The van der Waals surface area contributed by atoms with Crippen molar-refractivity contribution in [2.45, 2.75) is 65.6 Å². The molecule has 0 aromatic heterocycles. The summed E-state index contributed by atoms with van der Waals surface area (Å²) in [5.41, 5.74) is 0. The molecule has 13 heavy (non-hydrogen) atoms. The van der Waals surface area contributed by atoms with E-state index in [9.17, 15) is 0 Å². The van der Waals surface area contributed by atoms with Gasteiger partial charge in [-0.25, -0.2) is 0 Å². The predicted octanol–water partition coefficient (Wildman–Crippen LogP) is 2.15. The van der Waals surface area contributed by atoms with Crippen molar-refractivity contribution in [1.82, 2.24) is 10.6 Å². The van der Waals surface area contributed by atoms with Crippen LogP contribution < -0.4 is 10.6 Å². The van der Waals surface area contributed by atoms with Crippen molar-refractivity contribution < 1.29 is 0 Å². The summed E-state index contributed by atoms with van der Waals surface area (Å²) < 4.78 is 0. The third-order valence-electron chi connectivity index (χ3n) is 2.32. The van der Waals surface area contributed by atoms with E-state index in [0.29, 0.717) is 18.1 Å². The first-order valence-electron chi connectivity index (χ1n) is 5.59. The molecule has 0 heterocycles. The van der Waals surface area contributed by atoms with Gasteiger partial charge in [0.2, 0.25) is 0 Å². The lowest BCUT2D eigenvalue weighted by molar-refractivity contribution is 0.412. The van der Waals surface area contributed by atoms with Crippen LogP contribution in [0.25, 0.3) is 0 Å². The quantitative estimate of drug-likeness (QED) is 0.636. The second-order valence-corrected chi connectivity index (χ2v) is 4.14. The minimum absolute atomic E-state index is 0.570. The minimum Gasteiger partial charge on any atom is -0.312 e. The van der Waals surface area contributed by atoms with Crippen LogP contribution in [-0.4, -0.2) is 24.7 Å². The molecule has 0 aromatic carbocycles. The molecule has 1 atom stereocenters. The van der Waals surface area contributed by atoms with E-state index in [1.54, 1.807) is 0 Å². The van der Waals surface area contributed by atoms with Gasteiger partial charge in [0.1, 0.15) is 0 Å². The van der Waals surface area contributed by atoms with Crippen LogP contribution in [0, 0.1) is 0 Å². The predicted molar refractivity (Wildman–Crippen MR) is 60.1 cm³/mol. The Bertz CT molecular complexity index is 109. The van der Waals surface area contributed by atoms with Gasteiger partial charge in [-0.3, -0.25) is 0 Å². The van der Waals surface area contributed by atoms with Gasteiger partial charge in [-0.15, -0.1) is 0 Å². The van der Waals surface area contributed by atoms with Crippen molar-refractivity contribution in [2.75, 3.05) is 6.54 Å². The molecule has 1 unspecified atom stereocenters. The summed E-state index contributed by atoms with van der Waals surface area (Å²) in [6.07, 6.45) is 2.45. The molecule has 0 aliphatic rings. The maximum Gasteiger partial charge on any atom is 0.0166 e. The van der Waals surface area contributed by atoms with Gasteiger partial charge < -0.3 is 10.6 Å². The van der Waals surface area contributed by atoms with Crippen molar-refractivity contribution in [3.8, 4) is 0 Å². The highest BCUT2D eigenvalue weighted by atomic mass is 15.0. The van der Waals surface area contributed by atoms with E-state index in [0.717, 1.165) is 6.54 Å². The summed E-state index contributed by atoms with van der Waals surface area (Å²) in [5, 5.41) is 7.05. The summed E-state index contributed by atoms with van der Waals surface area (Å²) in [4.78, 5) is 0. The Hall–Kier alpha value is -0.0800. The molecular weight excluding hydrogens is 160 g/mol. The largest absolute Gasteiger partial charge is 0.312 e. The van der Waals surface area contributed by atoms with Crippen LogP contribution in [0.4, 0.5) is 0 Å². The number of hydrogen-bond acceptors (Lipinski definition) is 2. The lowest BCUT2D eigenvalue weighted by Gasteiger charge is -2.21. The number of nitrogens with one attached hydrogen (secondary N) is 2. The molecule has 0 rings (SSSR count). The van der Waals surface area contributed by atoms with Gasteiger partial charge in [0.05, 0.1) is 0 Å². The Kier molecular flexibility index (Phi) is 7.29. The van der Waals surface area contributed by atoms with E-state index in [-0.39, 0.29) is 0 Å². The molecule has 0 aliphatic carbocycles. The zero-order chi connectivity index (χ0) is 10.3. The van der Waals surface area contributed by atoms with Crippen LogP contribution in [0.3, 0.4) is 0 Å². The molecular formula is C11H26N2. The standard InChI is InChI=1S/C11H26N2/c1-6-11(7-2)12-8-10(5)13-9(3)4/h9-13H,6-8H2,1-5H3. The fourth-order valence-corrected chi connectivity index (χ4v) is 1.55. The number of hydrogen-bond donors (Lipinski definition) is 2. The molecule has 2 nitrogen and oxygen atoms in total. The highest BCUT2D eigenvalue weighted by molar-refractivity contribution is 4.70. The molecule has 2 N–H and O–H groups in total. The Balaban J connectivity index is 3.49. The zero-order valence-corrected chi connectivity index (χ0v) is 9.85. The van der Waals surface area contributed by atoms with Gasteiger partial charge in [-0.2, -0.15) is 0 Å². The van der Waals surface area contributed by atoms with Crippen molar-refractivity contribution in [3.63, 3.8) is 0 Å². The van der Waals surface area contributed by atoms with Crippen molar-refractivity contribution in [2.24, 2.45) is 0 Å². The molecule has 0 bridgehead atoms. The molecule has 0 spiro atoms. The van der Waals surface area contributed by atoms with Gasteiger partial charge in [-0.1, -0.05) is 27.7 Å². The molecule has 0 radical (unpaired) electrons. The molecule has 0 fully saturated rings. The van der Waals surface area contributed by atoms with Crippen molar-refractivity contribution in [1.29, 1.82) is 0 Å². The Morgan fingerprint density at radius 1 is 1.00 bits per heavy atom. The van der Waals surface area contributed by atoms with Crippen LogP contribution in [-0.2, 0) is 0 Å². The summed E-state index contributed by atoms with van der Waals surface area (Å²) in [7, 11) is 0. The first-order chi connectivity index (χ1) is 6.10. The highest BCUT2D eigenvalue weighted by Crippen LogP contribution is 1.96. The SMILES string of the molecule is CCC(CC)NCC(C)NC(C)C. The average molecular weight is 186 g/mol.